The number of halogens is 4. The SMILES string of the molecule is COc1ccc(C=Cc2cc(-c3ccccc3)[s+]c(-c3ccccc3)c2)cc1OC.F[B-](F)(F)F. The van der Waals surface area contributed by atoms with Gasteiger partial charge < -0.3 is 26.7 Å². The van der Waals surface area contributed by atoms with Crippen molar-refractivity contribution in [2.75, 3.05) is 14.2 Å². The summed E-state index contributed by atoms with van der Waals surface area (Å²) in [5, 5.41) is 0. The van der Waals surface area contributed by atoms with Crippen LogP contribution in [0.2, 0.25) is 0 Å². The monoisotopic (exact) mass is 498 g/mol. The summed E-state index contributed by atoms with van der Waals surface area (Å²) >= 11 is 1.81. The van der Waals surface area contributed by atoms with E-state index in [1.807, 2.05) is 30.3 Å². The van der Waals surface area contributed by atoms with E-state index in [0.717, 1.165) is 22.6 Å². The lowest BCUT2D eigenvalue weighted by atomic mass is 10.1. The van der Waals surface area contributed by atoms with Crippen molar-refractivity contribution in [2.24, 2.45) is 0 Å². The van der Waals surface area contributed by atoms with Gasteiger partial charge in [0.15, 0.2) is 11.5 Å². The van der Waals surface area contributed by atoms with E-state index in [2.05, 4.69) is 72.8 Å². The van der Waals surface area contributed by atoms with Crippen molar-refractivity contribution in [3.8, 4) is 32.4 Å². The first-order valence-electron chi connectivity index (χ1n) is 10.6. The maximum atomic E-state index is 9.75. The van der Waals surface area contributed by atoms with Gasteiger partial charge in [-0.15, -0.1) is 0 Å². The Hall–Kier alpha value is -3.65. The summed E-state index contributed by atoms with van der Waals surface area (Å²) in [7, 11) is -2.70. The Bertz CT molecular complexity index is 1200. The molecule has 0 N–H and O–H groups in total. The molecule has 2 nitrogen and oxygen atoms in total. The summed E-state index contributed by atoms with van der Waals surface area (Å²) in [6.45, 7) is 0. The van der Waals surface area contributed by atoms with Crippen molar-refractivity contribution in [3.63, 3.8) is 0 Å². The maximum Gasteiger partial charge on any atom is 0.673 e. The van der Waals surface area contributed by atoms with Crippen molar-refractivity contribution in [2.45, 2.75) is 0 Å². The van der Waals surface area contributed by atoms with Gasteiger partial charge in [0.05, 0.1) is 14.2 Å². The zero-order valence-corrected chi connectivity index (χ0v) is 19.9. The third-order valence-electron chi connectivity index (χ3n) is 4.81. The minimum atomic E-state index is -6.00. The van der Waals surface area contributed by atoms with Crippen LogP contribution in [-0.2, 0) is 0 Å². The fraction of sp³-hybridized carbons (Fsp3) is 0.0741. The Labute approximate surface area is 206 Å². The summed E-state index contributed by atoms with van der Waals surface area (Å²) in [5.74, 6) is 1.46. The summed E-state index contributed by atoms with van der Waals surface area (Å²) in [6.07, 6.45) is 4.25. The second-order valence-corrected chi connectivity index (χ2v) is 8.38. The standard InChI is InChI=1S/C27H23O2S.BF4/c1-28-24-16-15-20(17-25(24)29-2)13-14-21-18-26(22-9-5-3-6-10-22)30-27(19-21)23-11-7-4-8-12-23;2-1(3,4)5/h3-19H,1-2H3;/q+1;-1. The summed E-state index contributed by atoms with van der Waals surface area (Å²) in [5.41, 5.74) is 4.66. The van der Waals surface area contributed by atoms with Gasteiger partial charge in [0.1, 0.15) is 0 Å². The lowest BCUT2D eigenvalue weighted by Crippen LogP contribution is -2.02. The number of benzene rings is 3. The Morgan fingerprint density at radius 2 is 1.06 bits per heavy atom. The van der Waals surface area contributed by atoms with Gasteiger partial charge in [0, 0.05) is 23.3 Å². The van der Waals surface area contributed by atoms with Crippen molar-refractivity contribution < 1.29 is 26.7 Å². The van der Waals surface area contributed by atoms with Crippen LogP contribution in [0.3, 0.4) is 0 Å². The van der Waals surface area contributed by atoms with Crippen molar-refractivity contribution in [3.05, 3.63) is 102 Å². The maximum absolute atomic E-state index is 9.75. The normalized spacial score (nSPS) is 11.0. The van der Waals surface area contributed by atoms with E-state index in [9.17, 15) is 17.3 Å². The van der Waals surface area contributed by atoms with Crippen molar-refractivity contribution >= 4 is 30.7 Å². The smallest absolute Gasteiger partial charge is 0.493 e. The summed E-state index contributed by atoms with van der Waals surface area (Å²) < 4.78 is 49.8. The van der Waals surface area contributed by atoms with E-state index in [0.29, 0.717) is 0 Å². The van der Waals surface area contributed by atoms with Gasteiger partial charge in [-0.2, -0.15) is 0 Å². The first-order chi connectivity index (χ1) is 16.8. The largest absolute Gasteiger partial charge is 0.673 e. The van der Waals surface area contributed by atoms with Gasteiger partial charge in [0.25, 0.3) is 0 Å². The lowest BCUT2D eigenvalue weighted by Gasteiger charge is -2.07. The van der Waals surface area contributed by atoms with Crippen molar-refractivity contribution in [1.29, 1.82) is 0 Å². The Morgan fingerprint density at radius 3 is 1.51 bits per heavy atom. The van der Waals surface area contributed by atoms with Crippen molar-refractivity contribution in [1.82, 2.24) is 0 Å². The summed E-state index contributed by atoms with van der Waals surface area (Å²) in [6, 6.07) is 31.5. The predicted molar refractivity (Wildman–Crippen MR) is 138 cm³/mol. The van der Waals surface area contributed by atoms with Crippen LogP contribution in [0.25, 0.3) is 33.0 Å². The molecule has 4 aromatic rings. The topological polar surface area (TPSA) is 18.5 Å². The Kier molecular flexibility index (Phi) is 9.03. The molecule has 3 aromatic carbocycles. The van der Waals surface area contributed by atoms with Crippen LogP contribution in [0, 0.1) is 0 Å². The van der Waals surface area contributed by atoms with Crippen LogP contribution in [0.15, 0.2) is 91.0 Å². The molecule has 0 atom stereocenters. The number of hydrogen-bond acceptors (Lipinski definition) is 2. The van der Waals surface area contributed by atoms with Gasteiger partial charge in [-0.3, -0.25) is 0 Å². The molecule has 180 valence electrons. The van der Waals surface area contributed by atoms with Crippen LogP contribution in [0.4, 0.5) is 17.3 Å². The first kappa shape index (κ1) is 26.0. The Balaban J connectivity index is 0.000000623. The average Bonchev–Trinajstić information content (AvgIpc) is 2.87. The lowest BCUT2D eigenvalue weighted by molar-refractivity contribution is 0.355. The van der Waals surface area contributed by atoms with Crippen LogP contribution < -0.4 is 9.47 Å². The highest BCUT2D eigenvalue weighted by atomic mass is 32.1. The molecule has 0 bridgehead atoms. The average molecular weight is 498 g/mol. The molecule has 0 spiro atoms. The third kappa shape index (κ3) is 8.26. The molecule has 0 fully saturated rings. The van der Waals surface area contributed by atoms with Crippen LogP contribution in [0.1, 0.15) is 11.1 Å². The molecule has 1 aromatic heterocycles. The molecule has 0 radical (unpaired) electrons. The number of rotatable bonds is 6. The van der Waals surface area contributed by atoms with Gasteiger partial charge >= 0.3 is 7.25 Å². The molecular formula is C27H23BF4O2S. The van der Waals surface area contributed by atoms with E-state index in [4.69, 9.17) is 9.47 Å². The first-order valence-corrected chi connectivity index (χ1v) is 11.4. The van der Waals surface area contributed by atoms with Gasteiger partial charge in [0.2, 0.25) is 21.1 Å². The van der Waals surface area contributed by atoms with Gasteiger partial charge in [-0.25, -0.2) is 0 Å². The summed E-state index contributed by atoms with van der Waals surface area (Å²) in [4.78, 5) is 2.48. The van der Waals surface area contributed by atoms with Crippen LogP contribution in [-0.4, -0.2) is 21.5 Å². The molecule has 0 amide bonds. The fourth-order valence-corrected chi connectivity index (χ4v) is 4.39. The molecule has 4 rings (SSSR count). The molecule has 0 saturated heterocycles. The molecule has 1 heterocycles. The highest BCUT2D eigenvalue weighted by Gasteiger charge is 2.20. The zero-order chi connectivity index (χ0) is 25.3. The third-order valence-corrected chi connectivity index (χ3v) is 5.95. The highest BCUT2D eigenvalue weighted by molar-refractivity contribution is 7.18. The molecular weight excluding hydrogens is 475 g/mol. The second kappa shape index (κ2) is 12.2. The zero-order valence-electron chi connectivity index (χ0n) is 19.1. The van der Waals surface area contributed by atoms with E-state index in [1.165, 1.54) is 20.9 Å². The molecule has 0 aliphatic heterocycles. The number of ether oxygens (including phenoxy) is 2. The van der Waals surface area contributed by atoms with Gasteiger partial charge in [-0.05, 0) is 47.5 Å². The second-order valence-electron chi connectivity index (χ2n) is 7.29. The molecule has 8 heteroatoms. The molecule has 0 saturated carbocycles. The molecule has 0 aliphatic carbocycles. The fourth-order valence-electron chi connectivity index (χ4n) is 3.26. The van der Waals surface area contributed by atoms with E-state index in [-0.39, 0.29) is 0 Å². The van der Waals surface area contributed by atoms with Crippen LogP contribution in [0.5, 0.6) is 11.5 Å². The molecule has 0 aliphatic rings. The quantitative estimate of drug-likeness (QED) is 0.150. The van der Waals surface area contributed by atoms with Gasteiger partial charge in [-0.1, -0.05) is 54.6 Å². The Morgan fingerprint density at radius 1 is 0.600 bits per heavy atom. The van der Waals surface area contributed by atoms with E-state index >= 15 is 0 Å². The molecule has 0 unspecified atom stereocenters. The minimum Gasteiger partial charge on any atom is -0.493 e. The van der Waals surface area contributed by atoms with Crippen LogP contribution >= 0.6 is 11.3 Å². The predicted octanol–water partition coefficient (Wildman–Crippen LogP) is 8.85. The highest BCUT2D eigenvalue weighted by Crippen LogP contribution is 2.35. The minimum absolute atomic E-state index is 0.727. The van der Waals surface area contributed by atoms with E-state index < -0.39 is 7.25 Å². The molecule has 35 heavy (non-hydrogen) atoms. The van der Waals surface area contributed by atoms with E-state index in [1.54, 1.807) is 25.6 Å². The number of hydrogen-bond donors (Lipinski definition) is 0. The number of methoxy groups -OCH3 is 2.